The van der Waals surface area contributed by atoms with Crippen LogP contribution in [0.5, 0.6) is 5.75 Å². The number of amides is 1. The Hall–Kier alpha value is -3.15. The van der Waals surface area contributed by atoms with Crippen LogP contribution in [-0.2, 0) is 23.1 Å². The Morgan fingerprint density at radius 3 is 2.72 bits per heavy atom. The molecule has 29 heavy (non-hydrogen) atoms. The Bertz CT molecular complexity index is 1020. The first-order valence-electron chi connectivity index (χ1n) is 9.96. The first kappa shape index (κ1) is 19.2. The molecule has 0 bridgehead atoms. The molecule has 6 heteroatoms. The average Bonchev–Trinajstić information content (AvgIpc) is 3.33. The minimum atomic E-state index is -0.233. The zero-order valence-electron chi connectivity index (χ0n) is 17.1. The van der Waals surface area contributed by atoms with Gasteiger partial charge in [0.1, 0.15) is 11.6 Å². The summed E-state index contributed by atoms with van der Waals surface area (Å²) in [7, 11) is 0. The van der Waals surface area contributed by atoms with Gasteiger partial charge in [0.15, 0.2) is 12.4 Å². The maximum atomic E-state index is 12.6. The van der Waals surface area contributed by atoms with Crippen molar-refractivity contribution in [2.24, 2.45) is 0 Å². The molecule has 1 aliphatic carbocycles. The molecule has 0 saturated carbocycles. The van der Waals surface area contributed by atoms with E-state index in [-0.39, 0.29) is 17.9 Å². The second-order valence-electron chi connectivity index (χ2n) is 8.39. The van der Waals surface area contributed by atoms with Crippen LogP contribution < -0.4 is 10.1 Å². The topological polar surface area (TPSA) is 69.0 Å². The summed E-state index contributed by atoms with van der Waals surface area (Å²) in [4.78, 5) is 16.9. The van der Waals surface area contributed by atoms with Gasteiger partial charge in [0.2, 0.25) is 0 Å². The monoisotopic (exact) mass is 390 g/mol. The number of aromatic nitrogens is 3. The second-order valence-corrected chi connectivity index (χ2v) is 8.39. The van der Waals surface area contributed by atoms with E-state index in [1.54, 1.807) is 10.9 Å². The molecule has 0 aliphatic heterocycles. The number of nitrogens with one attached hydrogen (secondary N) is 1. The minimum absolute atomic E-state index is 0.0585. The van der Waals surface area contributed by atoms with Gasteiger partial charge in [-0.1, -0.05) is 32.9 Å². The Balaban J connectivity index is 1.49. The first-order valence-corrected chi connectivity index (χ1v) is 9.96. The van der Waals surface area contributed by atoms with Crippen LogP contribution in [0.25, 0.3) is 5.82 Å². The molecule has 0 saturated heterocycles. The maximum absolute atomic E-state index is 12.6. The molecule has 1 aromatic carbocycles. The van der Waals surface area contributed by atoms with Crippen LogP contribution in [0.15, 0.2) is 48.7 Å². The van der Waals surface area contributed by atoms with Crippen molar-refractivity contribution in [3.63, 3.8) is 0 Å². The third-order valence-corrected chi connectivity index (χ3v) is 5.05. The fourth-order valence-corrected chi connectivity index (χ4v) is 3.46. The van der Waals surface area contributed by atoms with Gasteiger partial charge in [-0.25, -0.2) is 4.98 Å². The summed E-state index contributed by atoms with van der Waals surface area (Å²) in [5, 5.41) is 7.58. The lowest BCUT2D eigenvalue weighted by molar-refractivity contribution is -0.118. The number of benzene rings is 1. The summed E-state index contributed by atoms with van der Waals surface area (Å²) in [5.74, 6) is 1.73. The van der Waals surface area contributed by atoms with Gasteiger partial charge in [0.25, 0.3) is 5.91 Å². The molecule has 3 aromatic rings. The molecule has 0 spiro atoms. The molecule has 6 nitrogen and oxygen atoms in total. The van der Waals surface area contributed by atoms with Gasteiger partial charge in [0, 0.05) is 17.7 Å². The third-order valence-electron chi connectivity index (χ3n) is 5.05. The van der Waals surface area contributed by atoms with E-state index in [2.05, 4.69) is 42.2 Å². The number of hydrogen-bond donors (Lipinski definition) is 1. The zero-order chi connectivity index (χ0) is 20.4. The van der Waals surface area contributed by atoms with E-state index < -0.39 is 0 Å². The Labute approximate surface area is 170 Å². The number of anilines is 1. The molecule has 4 rings (SSSR count). The summed E-state index contributed by atoms with van der Waals surface area (Å²) in [6.45, 7) is 6.19. The molecule has 1 N–H and O–H groups in total. The van der Waals surface area contributed by atoms with Gasteiger partial charge < -0.3 is 10.1 Å². The Kier molecular flexibility index (Phi) is 5.09. The molecule has 0 unspecified atom stereocenters. The summed E-state index contributed by atoms with van der Waals surface area (Å²) < 4.78 is 7.39. The highest BCUT2D eigenvalue weighted by molar-refractivity contribution is 5.91. The number of rotatable bonds is 5. The molecular formula is C23H26N4O2. The number of fused-ring (bicyclic) bond motifs is 1. The summed E-state index contributed by atoms with van der Waals surface area (Å²) in [6.07, 6.45) is 5.10. The molecule has 1 amide bonds. The number of carbonyl (C=O) groups excluding carboxylic acids is 1. The van der Waals surface area contributed by atoms with Gasteiger partial charge in [-0.05, 0) is 54.7 Å². The quantitative estimate of drug-likeness (QED) is 0.713. The van der Waals surface area contributed by atoms with Crippen molar-refractivity contribution < 1.29 is 9.53 Å². The first-order chi connectivity index (χ1) is 13.9. The molecule has 2 heterocycles. The van der Waals surface area contributed by atoms with Crippen molar-refractivity contribution in [3.8, 4) is 11.6 Å². The lowest BCUT2D eigenvalue weighted by atomic mass is 9.92. The number of carbonyl (C=O) groups is 1. The van der Waals surface area contributed by atoms with E-state index in [1.807, 2.05) is 36.4 Å². The predicted octanol–water partition coefficient (Wildman–Crippen LogP) is 4.07. The average molecular weight is 390 g/mol. The molecule has 0 atom stereocenters. The number of hydrogen-bond acceptors (Lipinski definition) is 4. The van der Waals surface area contributed by atoms with Crippen molar-refractivity contribution in [1.82, 2.24) is 14.8 Å². The number of ether oxygens (including phenoxy) is 1. The second kappa shape index (κ2) is 7.70. The van der Waals surface area contributed by atoms with Crippen molar-refractivity contribution in [2.75, 3.05) is 11.9 Å². The molecule has 150 valence electrons. The van der Waals surface area contributed by atoms with E-state index in [0.717, 1.165) is 24.3 Å². The molecule has 0 radical (unpaired) electrons. The highest BCUT2D eigenvalue weighted by Crippen LogP contribution is 2.27. The highest BCUT2D eigenvalue weighted by Gasteiger charge is 2.22. The van der Waals surface area contributed by atoms with Crippen LogP contribution in [0.4, 0.5) is 5.82 Å². The van der Waals surface area contributed by atoms with Gasteiger partial charge in [-0.2, -0.15) is 9.78 Å². The molecule has 1 aliphatic rings. The SMILES string of the molecule is CC(C)(C)c1cc(NC(=O)COc2ccc3c(c2)CCC3)n(-c2ccccn2)n1. The van der Waals surface area contributed by atoms with E-state index in [0.29, 0.717) is 11.6 Å². The predicted molar refractivity (Wildman–Crippen MR) is 113 cm³/mol. The van der Waals surface area contributed by atoms with Crippen molar-refractivity contribution in [1.29, 1.82) is 0 Å². The van der Waals surface area contributed by atoms with Crippen LogP contribution in [0, 0.1) is 0 Å². The largest absolute Gasteiger partial charge is 0.484 e. The van der Waals surface area contributed by atoms with E-state index >= 15 is 0 Å². The normalized spacial score (nSPS) is 13.2. The van der Waals surface area contributed by atoms with Crippen LogP contribution in [0.1, 0.15) is 44.0 Å². The van der Waals surface area contributed by atoms with Crippen molar-refractivity contribution >= 4 is 11.7 Å². The molecular weight excluding hydrogens is 364 g/mol. The minimum Gasteiger partial charge on any atom is -0.484 e. The standard InChI is InChI=1S/C23H26N4O2/c1-23(2,3)19-14-21(27(26-19)20-9-4-5-12-24-20)25-22(28)15-29-18-11-10-16-7-6-8-17(16)13-18/h4-5,9-14H,6-8,15H2,1-3H3,(H,25,28). The van der Waals surface area contributed by atoms with Gasteiger partial charge in [-0.3, -0.25) is 4.79 Å². The van der Waals surface area contributed by atoms with Crippen molar-refractivity contribution in [2.45, 2.75) is 45.4 Å². The maximum Gasteiger partial charge on any atom is 0.263 e. The highest BCUT2D eigenvalue weighted by atomic mass is 16.5. The summed E-state index contributed by atoms with van der Waals surface area (Å²) >= 11 is 0. The van der Waals surface area contributed by atoms with Gasteiger partial charge >= 0.3 is 0 Å². The fourth-order valence-electron chi connectivity index (χ4n) is 3.46. The van der Waals surface area contributed by atoms with Crippen molar-refractivity contribution in [3.05, 3.63) is 65.5 Å². The van der Waals surface area contributed by atoms with E-state index in [9.17, 15) is 4.79 Å². The number of aryl methyl sites for hydroxylation is 2. The number of nitrogens with zero attached hydrogens (tertiary/aromatic N) is 3. The fraction of sp³-hybridized carbons (Fsp3) is 0.348. The zero-order valence-corrected chi connectivity index (χ0v) is 17.1. The van der Waals surface area contributed by atoms with E-state index in [4.69, 9.17) is 4.74 Å². The lowest BCUT2D eigenvalue weighted by Gasteiger charge is -2.13. The molecule has 0 fully saturated rings. The number of pyridine rings is 1. The Morgan fingerprint density at radius 1 is 1.14 bits per heavy atom. The van der Waals surface area contributed by atoms with E-state index in [1.165, 1.54) is 17.5 Å². The van der Waals surface area contributed by atoms with Crippen LogP contribution in [0.2, 0.25) is 0 Å². The van der Waals surface area contributed by atoms with Crippen LogP contribution >= 0.6 is 0 Å². The van der Waals surface area contributed by atoms with Crippen LogP contribution in [0.3, 0.4) is 0 Å². The summed E-state index contributed by atoms with van der Waals surface area (Å²) in [6, 6.07) is 13.6. The lowest BCUT2D eigenvalue weighted by Crippen LogP contribution is -2.22. The smallest absolute Gasteiger partial charge is 0.263 e. The van der Waals surface area contributed by atoms with Gasteiger partial charge in [0.05, 0.1) is 5.69 Å². The van der Waals surface area contributed by atoms with Gasteiger partial charge in [-0.15, -0.1) is 0 Å². The Morgan fingerprint density at radius 2 is 1.97 bits per heavy atom. The van der Waals surface area contributed by atoms with Crippen LogP contribution in [-0.4, -0.2) is 27.3 Å². The third kappa shape index (κ3) is 4.31. The molecule has 2 aromatic heterocycles. The summed E-state index contributed by atoms with van der Waals surface area (Å²) in [5.41, 5.74) is 3.43.